The Morgan fingerprint density at radius 2 is 2.24 bits per heavy atom. The van der Waals surface area contributed by atoms with Gasteiger partial charge in [0.1, 0.15) is 5.75 Å². The minimum atomic E-state index is 0.0687. The van der Waals surface area contributed by atoms with Gasteiger partial charge in [-0.1, -0.05) is 0 Å². The molecule has 1 amide bonds. The largest absolute Gasteiger partial charge is 0.495 e. The number of fused-ring (bicyclic) bond motifs is 2. The van der Waals surface area contributed by atoms with E-state index in [0.29, 0.717) is 23.4 Å². The van der Waals surface area contributed by atoms with Crippen molar-refractivity contribution in [3.8, 4) is 5.75 Å². The molecular formula is C12H15N3O2. The maximum absolute atomic E-state index is 12.3. The highest BCUT2D eigenvalue weighted by atomic mass is 16.5. The number of nitrogens with one attached hydrogen (secondary N) is 1. The van der Waals surface area contributed by atoms with Crippen molar-refractivity contribution in [3.63, 3.8) is 0 Å². The van der Waals surface area contributed by atoms with Crippen molar-refractivity contribution >= 4 is 5.91 Å². The Kier molecular flexibility index (Phi) is 2.48. The van der Waals surface area contributed by atoms with Crippen LogP contribution in [0.2, 0.25) is 0 Å². The number of carbonyl (C=O) groups excluding carboxylic acids is 1. The van der Waals surface area contributed by atoms with E-state index in [4.69, 9.17) is 4.74 Å². The van der Waals surface area contributed by atoms with E-state index < -0.39 is 0 Å². The van der Waals surface area contributed by atoms with Gasteiger partial charge in [-0.3, -0.25) is 9.78 Å². The van der Waals surface area contributed by atoms with Gasteiger partial charge in [0.25, 0.3) is 5.91 Å². The van der Waals surface area contributed by atoms with Crippen LogP contribution in [0.15, 0.2) is 18.5 Å². The summed E-state index contributed by atoms with van der Waals surface area (Å²) in [5, 5.41) is 3.31. The van der Waals surface area contributed by atoms with Gasteiger partial charge in [0.15, 0.2) is 0 Å². The highest BCUT2D eigenvalue weighted by Crippen LogP contribution is 2.30. The molecule has 90 valence electrons. The molecule has 3 heterocycles. The van der Waals surface area contributed by atoms with Gasteiger partial charge < -0.3 is 15.0 Å². The van der Waals surface area contributed by atoms with E-state index in [1.165, 1.54) is 0 Å². The van der Waals surface area contributed by atoms with Crippen molar-refractivity contribution in [3.05, 3.63) is 24.0 Å². The van der Waals surface area contributed by atoms with Crippen molar-refractivity contribution < 1.29 is 9.53 Å². The number of nitrogens with zero attached hydrogens (tertiary/aromatic N) is 2. The van der Waals surface area contributed by atoms with Crippen LogP contribution in [0.4, 0.5) is 0 Å². The number of rotatable bonds is 2. The molecule has 1 N–H and O–H groups in total. The molecule has 1 aromatic heterocycles. The van der Waals surface area contributed by atoms with Crippen molar-refractivity contribution in [2.45, 2.75) is 18.5 Å². The van der Waals surface area contributed by atoms with Crippen molar-refractivity contribution in [2.24, 2.45) is 0 Å². The van der Waals surface area contributed by atoms with Crippen LogP contribution in [0.25, 0.3) is 0 Å². The topological polar surface area (TPSA) is 54.5 Å². The third-order valence-electron chi connectivity index (χ3n) is 3.52. The molecule has 2 fully saturated rings. The summed E-state index contributed by atoms with van der Waals surface area (Å²) in [4.78, 5) is 18.3. The highest BCUT2D eigenvalue weighted by Gasteiger charge is 2.44. The van der Waals surface area contributed by atoms with Crippen LogP contribution in [0.1, 0.15) is 16.8 Å². The maximum atomic E-state index is 12.3. The van der Waals surface area contributed by atoms with E-state index in [-0.39, 0.29) is 5.91 Å². The number of methoxy groups -OCH3 is 1. The van der Waals surface area contributed by atoms with Gasteiger partial charge in [0, 0.05) is 31.4 Å². The van der Waals surface area contributed by atoms with Crippen LogP contribution >= 0.6 is 0 Å². The number of piperidine rings is 1. The number of hydrogen-bond donors (Lipinski definition) is 1. The van der Waals surface area contributed by atoms with Gasteiger partial charge in [-0.05, 0) is 12.5 Å². The zero-order chi connectivity index (χ0) is 11.8. The Balaban J connectivity index is 1.81. The SMILES string of the molecule is COc1cncc(C(=O)N2C3CNCC2C3)c1. The second-order valence-electron chi connectivity index (χ2n) is 4.53. The van der Waals surface area contributed by atoms with Gasteiger partial charge in [-0.25, -0.2) is 0 Å². The summed E-state index contributed by atoms with van der Waals surface area (Å²) >= 11 is 0. The minimum Gasteiger partial charge on any atom is -0.495 e. The smallest absolute Gasteiger partial charge is 0.256 e. The summed E-state index contributed by atoms with van der Waals surface area (Å²) in [5.74, 6) is 0.693. The quantitative estimate of drug-likeness (QED) is 0.797. The number of carbonyl (C=O) groups is 1. The summed E-state index contributed by atoms with van der Waals surface area (Å²) in [6, 6.07) is 2.46. The van der Waals surface area contributed by atoms with Crippen LogP contribution in [0.3, 0.4) is 0 Å². The number of ether oxygens (including phenoxy) is 1. The third kappa shape index (κ3) is 1.67. The molecule has 2 saturated heterocycles. The monoisotopic (exact) mass is 233 g/mol. The van der Waals surface area contributed by atoms with Crippen LogP contribution in [-0.2, 0) is 0 Å². The normalized spacial score (nSPS) is 26.3. The number of piperazine rings is 1. The van der Waals surface area contributed by atoms with Gasteiger partial charge in [-0.2, -0.15) is 0 Å². The molecule has 0 spiro atoms. The molecule has 0 saturated carbocycles. The van der Waals surface area contributed by atoms with E-state index in [2.05, 4.69) is 10.3 Å². The zero-order valence-electron chi connectivity index (χ0n) is 9.72. The van der Waals surface area contributed by atoms with Gasteiger partial charge >= 0.3 is 0 Å². The van der Waals surface area contributed by atoms with Gasteiger partial charge in [0.05, 0.1) is 18.9 Å². The standard InChI is InChI=1S/C12H15N3O2/c1-17-11-2-8(4-13-7-11)12(16)15-9-3-10(15)6-14-5-9/h2,4,7,9-10,14H,3,5-6H2,1H3. The van der Waals surface area contributed by atoms with Crippen LogP contribution in [0.5, 0.6) is 5.75 Å². The molecule has 1 aromatic rings. The summed E-state index contributed by atoms with van der Waals surface area (Å²) in [6.07, 6.45) is 4.33. The molecular weight excluding hydrogens is 218 g/mol. The fraction of sp³-hybridized carbons (Fsp3) is 0.500. The van der Waals surface area contributed by atoms with E-state index in [1.54, 1.807) is 25.6 Å². The Morgan fingerprint density at radius 3 is 2.88 bits per heavy atom. The second kappa shape index (κ2) is 4.00. The fourth-order valence-corrected chi connectivity index (χ4v) is 2.61. The highest BCUT2D eigenvalue weighted by molar-refractivity contribution is 5.95. The van der Waals surface area contributed by atoms with E-state index in [0.717, 1.165) is 19.5 Å². The molecule has 5 nitrogen and oxygen atoms in total. The van der Waals surface area contributed by atoms with Gasteiger partial charge in [-0.15, -0.1) is 0 Å². The molecule has 2 unspecified atom stereocenters. The first-order chi connectivity index (χ1) is 8.29. The fourth-order valence-electron chi connectivity index (χ4n) is 2.61. The molecule has 2 aliphatic rings. The van der Waals surface area contributed by atoms with E-state index in [9.17, 15) is 4.79 Å². The molecule has 3 rings (SSSR count). The summed E-state index contributed by atoms with van der Waals surface area (Å²) in [6.45, 7) is 1.80. The molecule has 2 aliphatic heterocycles. The van der Waals surface area contributed by atoms with Gasteiger partial charge in [0.2, 0.25) is 0 Å². The zero-order valence-corrected chi connectivity index (χ0v) is 9.72. The van der Waals surface area contributed by atoms with E-state index >= 15 is 0 Å². The van der Waals surface area contributed by atoms with Crippen LogP contribution in [-0.4, -0.2) is 48.1 Å². The Hall–Kier alpha value is -1.62. The molecule has 0 radical (unpaired) electrons. The Bertz CT molecular complexity index is 435. The first-order valence-electron chi connectivity index (χ1n) is 5.82. The molecule has 5 heteroatoms. The first-order valence-corrected chi connectivity index (χ1v) is 5.82. The van der Waals surface area contributed by atoms with Crippen LogP contribution < -0.4 is 10.1 Å². The van der Waals surface area contributed by atoms with Crippen molar-refractivity contribution in [1.82, 2.24) is 15.2 Å². The summed E-state index contributed by atoms with van der Waals surface area (Å²) < 4.78 is 5.08. The van der Waals surface area contributed by atoms with Crippen LogP contribution in [0, 0.1) is 0 Å². The lowest BCUT2D eigenvalue weighted by atomic mass is 9.88. The van der Waals surface area contributed by atoms with Crippen molar-refractivity contribution in [1.29, 1.82) is 0 Å². The first kappa shape index (κ1) is 10.5. The molecule has 0 aromatic carbocycles. The average Bonchev–Trinajstić information content (AvgIpc) is 2.39. The Labute approximate surface area is 99.8 Å². The lowest BCUT2D eigenvalue weighted by Gasteiger charge is -2.53. The number of pyridine rings is 1. The lowest BCUT2D eigenvalue weighted by Crippen LogP contribution is -2.69. The summed E-state index contributed by atoms with van der Waals surface area (Å²) in [5.41, 5.74) is 0.612. The number of hydrogen-bond acceptors (Lipinski definition) is 4. The second-order valence-corrected chi connectivity index (χ2v) is 4.53. The lowest BCUT2D eigenvalue weighted by molar-refractivity contribution is -0.00223. The Morgan fingerprint density at radius 1 is 1.47 bits per heavy atom. The number of aromatic nitrogens is 1. The van der Waals surface area contributed by atoms with Crippen molar-refractivity contribution in [2.75, 3.05) is 20.2 Å². The maximum Gasteiger partial charge on any atom is 0.256 e. The molecule has 2 bridgehead atoms. The predicted octanol–water partition coefficient (Wildman–Crippen LogP) is 0.276. The summed E-state index contributed by atoms with van der Waals surface area (Å²) in [7, 11) is 1.58. The minimum absolute atomic E-state index is 0.0687. The predicted molar refractivity (Wildman–Crippen MR) is 62.0 cm³/mol. The number of amides is 1. The van der Waals surface area contributed by atoms with E-state index in [1.807, 2.05) is 4.90 Å². The molecule has 2 atom stereocenters. The average molecular weight is 233 g/mol. The third-order valence-corrected chi connectivity index (χ3v) is 3.52. The molecule has 0 aliphatic carbocycles. The molecule has 17 heavy (non-hydrogen) atoms.